The normalized spacial score (nSPS) is 11.5. The quantitative estimate of drug-likeness (QED) is 0.353. The standard InChI is InChI=1S/C28H27NO4/c1-5-17-6-8-18(9-7-17)20-12-15-23-22(16-20)24(25(33-23)27(31)32)29-26(30)19-10-13-21(14-11-19)28(2,3)4/h6-16H,5H2,1-4H3,(H,29,30)(H,31,32). The summed E-state index contributed by atoms with van der Waals surface area (Å²) in [6, 6.07) is 21.0. The molecule has 3 aromatic carbocycles. The zero-order chi connectivity index (χ0) is 23.8. The summed E-state index contributed by atoms with van der Waals surface area (Å²) < 4.78 is 5.57. The third kappa shape index (κ3) is 4.53. The average molecular weight is 442 g/mol. The molecule has 0 aliphatic heterocycles. The topological polar surface area (TPSA) is 79.5 Å². The van der Waals surface area contributed by atoms with Crippen molar-refractivity contribution in [2.24, 2.45) is 0 Å². The first-order valence-corrected chi connectivity index (χ1v) is 11.0. The molecule has 1 aromatic heterocycles. The van der Waals surface area contributed by atoms with Crippen LogP contribution in [0.15, 0.2) is 71.1 Å². The van der Waals surface area contributed by atoms with E-state index < -0.39 is 11.9 Å². The number of carbonyl (C=O) groups is 2. The Morgan fingerprint density at radius 2 is 1.55 bits per heavy atom. The molecule has 0 aliphatic carbocycles. The number of nitrogens with one attached hydrogen (secondary N) is 1. The highest BCUT2D eigenvalue weighted by atomic mass is 16.4. The van der Waals surface area contributed by atoms with E-state index in [1.165, 1.54) is 5.56 Å². The van der Waals surface area contributed by atoms with E-state index in [0.717, 1.165) is 23.1 Å². The fourth-order valence-electron chi connectivity index (χ4n) is 3.79. The predicted molar refractivity (Wildman–Crippen MR) is 131 cm³/mol. The molecule has 0 spiro atoms. The molecule has 5 heteroatoms. The molecule has 0 radical (unpaired) electrons. The van der Waals surface area contributed by atoms with Crippen LogP contribution in [0.2, 0.25) is 0 Å². The average Bonchev–Trinajstić information content (AvgIpc) is 3.16. The number of fused-ring (bicyclic) bond motifs is 1. The number of carboxylic acid groups (broad SMARTS) is 1. The van der Waals surface area contributed by atoms with Gasteiger partial charge in [-0.2, -0.15) is 0 Å². The molecule has 0 atom stereocenters. The summed E-state index contributed by atoms with van der Waals surface area (Å²) in [6.07, 6.45) is 0.954. The van der Waals surface area contributed by atoms with Crippen molar-refractivity contribution in [2.75, 3.05) is 5.32 Å². The summed E-state index contributed by atoms with van der Waals surface area (Å²) in [7, 11) is 0. The second-order valence-corrected chi connectivity index (χ2v) is 9.15. The van der Waals surface area contributed by atoms with Gasteiger partial charge in [-0.05, 0) is 58.4 Å². The summed E-state index contributed by atoms with van der Waals surface area (Å²) >= 11 is 0. The first-order chi connectivity index (χ1) is 15.7. The molecule has 1 heterocycles. The largest absolute Gasteiger partial charge is 0.475 e. The maximum Gasteiger partial charge on any atom is 0.374 e. The van der Waals surface area contributed by atoms with E-state index in [-0.39, 0.29) is 16.9 Å². The van der Waals surface area contributed by atoms with E-state index in [2.05, 4.69) is 45.1 Å². The molecule has 0 saturated carbocycles. The number of aromatic carboxylic acids is 1. The molecular weight excluding hydrogens is 414 g/mol. The van der Waals surface area contributed by atoms with Gasteiger partial charge in [0.05, 0.1) is 0 Å². The number of benzene rings is 3. The zero-order valence-electron chi connectivity index (χ0n) is 19.2. The maximum absolute atomic E-state index is 13.0. The Hall–Kier alpha value is -3.86. The minimum absolute atomic E-state index is 0.0298. The number of carbonyl (C=O) groups excluding carboxylic acids is 1. The number of hydrogen-bond acceptors (Lipinski definition) is 3. The van der Waals surface area contributed by atoms with Crippen molar-refractivity contribution >= 4 is 28.5 Å². The molecule has 4 rings (SSSR count). The minimum Gasteiger partial charge on any atom is -0.475 e. The number of rotatable bonds is 5. The first-order valence-electron chi connectivity index (χ1n) is 11.0. The molecule has 0 aliphatic rings. The van der Waals surface area contributed by atoms with Crippen LogP contribution < -0.4 is 5.32 Å². The Morgan fingerprint density at radius 1 is 0.909 bits per heavy atom. The maximum atomic E-state index is 13.0. The molecule has 168 valence electrons. The van der Waals surface area contributed by atoms with Crippen LogP contribution in [0, 0.1) is 0 Å². The van der Waals surface area contributed by atoms with Crippen LogP contribution in [0.3, 0.4) is 0 Å². The lowest BCUT2D eigenvalue weighted by atomic mass is 9.87. The van der Waals surface area contributed by atoms with Crippen LogP contribution in [0.5, 0.6) is 0 Å². The van der Waals surface area contributed by atoms with Crippen LogP contribution in [0.4, 0.5) is 5.69 Å². The molecule has 0 unspecified atom stereocenters. The van der Waals surface area contributed by atoms with Gasteiger partial charge < -0.3 is 14.8 Å². The summed E-state index contributed by atoms with van der Waals surface area (Å²) in [5, 5.41) is 13.0. The summed E-state index contributed by atoms with van der Waals surface area (Å²) in [5.41, 5.74) is 5.24. The van der Waals surface area contributed by atoms with E-state index in [9.17, 15) is 14.7 Å². The molecule has 0 saturated heterocycles. The van der Waals surface area contributed by atoms with E-state index in [4.69, 9.17) is 4.42 Å². The number of anilines is 1. The predicted octanol–water partition coefficient (Wildman–Crippen LogP) is 6.91. The Morgan fingerprint density at radius 3 is 2.12 bits per heavy atom. The number of amides is 1. The monoisotopic (exact) mass is 441 g/mol. The van der Waals surface area contributed by atoms with E-state index in [1.807, 2.05) is 36.4 Å². The van der Waals surface area contributed by atoms with Gasteiger partial charge in [0.1, 0.15) is 11.3 Å². The highest BCUT2D eigenvalue weighted by molar-refractivity contribution is 6.13. The van der Waals surface area contributed by atoms with Gasteiger partial charge in [-0.1, -0.05) is 70.2 Å². The lowest BCUT2D eigenvalue weighted by Gasteiger charge is -2.19. The lowest BCUT2D eigenvalue weighted by Crippen LogP contribution is -2.15. The van der Waals surface area contributed by atoms with Crippen molar-refractivity contribution < 1.29 is 19.1 Å². The highest BCUT2D eigenvalue weighted by Gasteiger charge is 2.23. The smallest absolute Gasteiger partial charge is 0.374 e. The summed E-state index contributed by atoms with van der Waals surface area (Å²) in [6.45, 7) is 8.41. The Kier molecular flexibility index (Phi) is 5.81. The number of carboxylic acids is 1. The van der Waals surface area contributed by atoms with Crippen molar-refractivity contribution in [1.29, 1.82) is 0 Å². The number of hydrogen-bond donors (Lipinski definition) is 2. The molecule has 2 N–H and O–H groups in total. The molecule has 4 aromatic rings. The summed E-state index contributed by atoms with van der Waals surface area (Å²) in [5.74, 6) is -1.92. The van der Waals surface area contributed by atoms with Gasteiger partial charge in [0.2, 0.25) is 5.76 Å². The van der Waals surface area contributed by atoms with Crippen molar-refractivity contribution in [3.8, 4) is 11.1 Å². The Bertz CT molecular complexity index is 1320. The van der Waals surface area contributed by atoms with Crippen molar-refractivity contribution in [1.82, 2.24) is 0 Å². The van der Waals surface area contributed by atoms with Crippen molar-refractivity contribution in [3.63, 3.8) is 0 Å². The molecule has 5 nitrogen and oxygen atoms in total. The van der Waals surface area contributed by atoms with Gasteiger partial charge in [-0.25, -0.2) is 4.79 Å². The lowest BCUT2D eigenvalue weighted by molar-refractivity contribution is 0.0666. The van der Waals surface area contributed by atoms with Crippen molar-refractivity contribution in [3.05, 3.63) is 89.2 Å². The van der Waals surface area contributed by atoms with Crippen LogP contribution >= 0.6 is 0 Å². The Balaban J connectivity index is 1.72. The SMILES string of the molecule is CCc1ccc(-c2ccc3oc(C(=O)O)c(NC(=O)c4ccc(C(C)(C)C)cc4)c3c2)cc1. The fraction of sp³-hybridized carbons (Fsp3) is 0.214. The van der Waals surface area contributed by atoms with Crippen molar-refractivity contribution in [2.45, 2.75) is 39.5 Å². The Labute approximate surface area is 193 Å². The fourth-order valence-corrected chi connectivity index (χ4v) is 3.79. The van der Waals surface area contributed by atoms with Gasteiger partial charge in [0.25, 0.3) is 5.91 Å². The van der Waals surface area contributed by atoms with Crippen LogP contribution in [-0.4, -0.2) is 17.0 Å². The highest BCUT2D eigenvalue weighted by Crippen LogP contribution is 2.35. The zero-order valence-corrected chi connectivity index (χ0v) is 19.2. The number of furan rings is 1. The second kappa shape index (κ2) is 8.58. The van der Waals surface area contributed by atoms with E-state index in [0.29, 0.717) is 16.5 Å². The van der Waals surface area contributed by atoms with Crippen LogP contribution in [0.25, 0.3) is 22.1 Å². The third-order valence-electron chi connectivity index (χ3n) is 5.83. The minimum atomic E-state index is -1.24. The van der Waals surface area contributed by atoms with Crippen LogP contribution in [0.1, 0.15) is 59.7 Å². The van der Waals surface area contributed by atoms with Gasteiger partial charge >= 0.3 is 5.97 Å². The molecule has 0 fully saturated rings. The molecule has 33 heavy (non-hydrogen) atoms. The second-order valence-electron chi connectivity index (χ2n) is 9.15. The number of aryl methyl sites for hydroxylation is 1. The third-order valence-corrected chi connectivity index (χ3v) is 5.83. The van der Waals surface area contributed by atoms with E-state index >= 15 is 0 Å². The first kappa shape index (κ1) is 22.3. The van der Waals surface area contributed by atoms with Gasteiger partial charge in [-0.15, -0.1) is 0 Å². The molecular formula is C28H27NO4. The molecule has 0 bridgehead atoms. The van der Waals surface area contributed by atoms with E-state index in [1.54, 1.807) is 18.2 Å². The molecule has 1 amide bonds. The summed E-state index contributed by atoms with van der Waals surface area (Å²) in [4.78, 5) is 24.8. The van der Waals surface area contributed by atoms with Gasteiger partial charge in [0.15, 0.2) is 0 Å². The van der Waals surface area contributed by atoms with Crippen LogP contribution in [-0.2, 0) is 11.8 Å². The van der Waals surface area contributed by atoms with Gasteiger partial charge in [-0.3, -0.25) is 4.79 Å². The van der Waals surface area contributed by atoms with Gasteiger partial charge in [0, 0.05) is 10.9 Å².